The van der Waals surface area contributed by atoms with Gasteiger partial charge in [0.25, 0.3) is 5.91 Å². The zero-order chi connectivity index (χ0) is 20.2. The Hall–Kier alpha value is -2.95. The van der Waals surface area contributed by atoms with Crippen molar-refractivity contribution >= 4 is 11.9 Å². The molecular weight excluding hydrogens is 371 g/mol. The minimum absolute atomic E-state index is 0.0216. The van der Waals surface area contributed by atoms with E-state index in [-0.39, 0.29) is 30.0 Å². The lowest BCUT2D eigenvalue weighted by Gasteiger charge is -2.28. The summed E-state index contributed by atoms with van der Waals surface area (Å²) < 4.78 is 46.6. The minimum Gasteiger partial charge on any atom is -0.481 e. The van der Waals surface area contributed by atoms with Crippen molar-refractivity contribution in [3.05, 3.63) is 35.7 Å². The third-order valence-corrected chi connectivity index (χ3v) is 3.49. The third-order valence-electron chi connectivity index (χ3n) is 3.49. The second-order valence-corrected chi connectivity index (χ2v) is 6.02. The molecule has 8 nitrogen and oxygen atoms in total. The number of nitrogens with one attached hydrogen (secondary N) is 1. The third kappa shape index (κ3) is 5.26. The molecule has 0 spiro atoms. The average molecular weight is 387 g/mol. The monoisotopic (exact) mass is 387 g/mol. The number of methoxy groups -OCH3 is 1. The number of benzene rings is 1. The summed E-state index contributed by atoms with van der Waals surface area (Å²) in [5.74, 6) is -3.41. The van der Waals surface area contributed by atoms with Crippen LogP contribution in [-0.2, 0) is 15.7 Å². The molecule has 2 N–H and O–H groups in total. The van der Waals surface area contributed by atoms with Gasteiger partial charge in [-0.1, -0.05) is 17.3 Å². The first-order chi connectivity index (χ1) is 12.5. The Morgan fingerprint density at radius 2 is 1.89 bits per heavy atom. The highest BCUT2D eigenvalue weighted by Gasteiger charge is 2.38. The Kier molecular flexibility index (Phi) is 5.84. The van der Waals surface area contributed by atoms with Crippen LogP contribution in [0.2, 0.25) is 0 Å². The SMILES string of the molecule is COCC(C)(CC(=O)O)NC(=O)c1ccc(-c2noc(C(F)(F)F)n2)cc1. The van der Waals surface area contributed by atoms with E-state index in [4.69, 9.17) is 9.84 Å². The predicted molar refractivity (Wildman–Crippen MR) is 84.7 cm³/mol. The molecule has 1 atom stereocenters. The molecule has 1 aromatic carbocycles. The van der Waals surface area contributed by atoms with Gasteiger partial charge in [-0.25, -0.2) is 0 Å². The molecule has 11 heteroatoms. The highest BCUT2D eigenvalue weighted by atomic mass is 19.4. The zero-order valence-electron chi connectivity index (χ0n) is 14.3. The molecule has 1 amide bonds. The summed E-state index contributed by atoms with van der Waals surface area (Å²) in [6, 6.07) is 5.40. The van der Waals surface area contributed by atoms with E-state index in [0.29, 0.717) is 0 Å². The van der Waals surface area contributed by atoms with Crippen LogP contribution in [0.25, 0.3) is 11.4 Å². The maximum absolute atomic E-state index is 12.5. The van der Waals surface area contributed by atoms with E-state index in [9.17, 15) is 22.8 Å². The van der Waals surface area contributed by atoms with Gasteiger partial charge in [-0.05, 0) is 19.1 Å². The summed E-state index contributed by atoms with van der Waals surface area (Å²) in [6.07, 6.45) is -5.10. The molecule has 1 heterocycles. The fraction of sp³-hybridized carbons (Fsp3) is 0.375. The average Bonchev–Trinajstić information content (AvgIpc) is 3.04. The van der Waals surface area contributed by atoms with E-state index >= 15 is 0 Å². The number of carboxylic acid groups (broad SMARTS) is 1. The lowest BCUT2D eigenvalue weighted by Crippen LogP contribution is -2.50. The number of carbonyl (C=O) groups excluding carboxylic acids is 1. The van der Waals surface area contributed by atoms with Crippen LogP contribution in [0.5, 0.6) is 0 Å². The van der Waals surface area contributed by atoms with Gasteiger partial charge in [0.05, 0.1) is 18.6 Å². The van der Waals surface area contributed by atoms with Gasteiger partial charge in [0.1, 0.15) is 0 Å². The Balaban J connectivity index is 2.15. The molecule has 0 saturated carbocycles. The Labute approximate surface area is 151 Å². The first kappa shape index (κ1) is 20.4. The second kappa shape index (κ2) is 7.74. The molecule has 0 aliphatic rings. The maximum Gasteiger partial charge on any atom is 0.471 e. The van der Waals surface area contributed by atoms with Gasteiger partial charge >= 0.3 is 18.0 Å². The molecule has 0 bridgehead atoms. The van der Waals surface area contributed by atoms with Gasteiger partial charge in [0.15, 0.2) is 0 Å². The molecular formula is C16H16F3N3O5. The highest BCUT2D eigenvalue weighted by molar-refractivity contribution is 5.95. The number of halogens is 3. The second-order valence-electron chi connectivity index (χ2n) is 6.02. The van der Waals surface area contributed by atoms with Crippen molar-refractivity contribution in [2.75, 3.05) is 13.7 Å². The fourth-order valence-corrected chi connectivity index (χ4v) is 2.36. The van der Waals surface area contributed by atoms with Crippen LogP contribution in [0.3, 0.4) is 0 Å². The van der Waals surface area contributed by atoms with Gasteiger partial charge in [0.2, 0.25) is 5.82 Å². The quantitative estimate of drug-likeness (QED) is 0.749. The number of aromatic nitrogens is 2. The van der Waals surface area contributed by atoms with E-state index in [2.05, 4.69) is 20.0 Å². The lowest BCUT2D eigenvalue weighted by atomic mass is 9.98. The molecule has 0 aliphatic heterocycles. The van der Waals surface area contributed by atoms with Crippen LogP contribution in [0, 0.1) is 0 Å². The summed E-state index contributed by atoms with van der Waals surface area (Å²) in [5.41, 5.74) is -0.743. The van der Waals surface area contributed by atoms with Gasteiger partial charge in [0, 0.05) is 18.2 Å². The number of ether oxygens (including phenoxy) is 1. The molecule has 2 rings (SSSR count). The number of alkyl halides is 3. The van der Waals surface area contributed by atoms with E-state index < -0.39 is 29.5 Å². The zero-order valence-corrected chi connectivity index (χ0v) is 14.3. The van der Waals surface area contributed by atoms with Crippen molar-refractivity contribution in [2.45, 2.75) is 25.1 Å². The number of aliphatic carboxylic acids is 1. The lowest BCUT2D eigenvalue weighted by molar-refractivity contribution is -0.159. The van der Waals surface area contributed by atoms with Gasteiger partial charge in [-0.3, -0.25) is 9.59 Å². The molecule has 0 aliphatic carbocycles. The van der Waals surface area contributed by atoms with Gasteiger partial charge in [-0.15, -0.1) is 0 Å². The smallest absolute Gasteiger partial charge is 0.471 e. The van der Waals surface area contributed by atoms with Crippen LogP contribution >= 0.6 is 0 Å². The fourth-order valence-electron chi connectivity index (χ4n) is 2.36. The van der Waals surface area contributed by atoms with Crippen LogP contribution in [0.15, 0.2) is 28.8 Å². The molecule has 1 unspecified atom stereocenters. The summed E-state index contributed by atoms with van der Waals surface area (Å²) in [6.45, 7) is 1.50. The molecule has 2 aromatic rings. The van der Waals surface area contributed by atoms with Crippen molar-refractivity contribution < 1.29 is 37.1 Å². The van der Waals surface area contributed by atoms with E-state index in [1.54, 1.807) is 0 Å². The van der Waals surface area contributed by atoms with Gasteiger partial charge < -0.3 is 19.7 Å². The number of rotatable bonds is 7. The van der Waals surface area contributed by atoms with Crippen molar-refractivity contribution in [1.82, 2.24) is 15.5 Å². The number of carboxylic acids is 1. The predicted octanol–water partition coefficient (Wildman–Crippen LogP) is 2.37. The Morgan fingerprint density at radius 3 is 2.37 bits per heavy atom. The van der Waals surface area contributed by atoms with E-state index in [1.807, 2.05) is 0 Å². The molecule has 146 valence electrons. The first-order valence-corrected chi connectivity index (χ1v) is 7.59. The van der Waals surface area contributed by atoms with Crippen molar-refractivity contribution in [3.8, 4) is 11.4 Å². The first-order valence-electron chi connectivity index (χ1n) is 7.59. The topological polar surface area (TPSA) is 115 Å². The normalized spacial score (nSPS) is 13.8. The number of nitrogens with zero attached hydrogens (tertiary/aromatic N) is 2. The molecule has 0 saturated heterocycles. The summed E-state index contributed by atoms with van der Waals surface area (Å²) in [5, 5.41) is 14.8. The van der Waals surface area contributed by atoms with Gasteiger partial charge in [-0.2, -0.15) is 18.2 Å². The Morgan fingerprint density at radius 1 is 1.26 bits per heavy atom. The summed E-state index contributed by atoms with van der Waals surface area (Å²) >= 11 is 0. The standard InChI is InChI=1S/C16H16F3N3O5/c1-15(8-26-2,7-11(23)24)21-13(25)10-5-3-9(4-6-10)12-20-14(27-22-12)16(17,18)19/h3-6H,7-8H2,1-2H3,(H,21,25)(H,23,24). The number of amides is 1. The van der Waals surface area contributed by atoms with Crippen LogP contribution in [-0.4, -0.2) is 46.4 Å². The van der Waals surface area contributed by atoms with Crippen LogP contribution in [0.1, 0.15) is 29.6 Å². The number of hydrogen-bond donors (Lipinski definition) is 2. The summed E-state index contributed by atoms with van der Waals surface area (Å²) in [4.78, 5) is 26.6. The largest absolute Gasteiger partial charge is 0.481 e. The molecule has 27 heavy (non-hydrogen) atoms. The molecule has 1 aromatic heterocycles. The van der Waals surface area contributed by atoms with Crippen molar-refractivity contribution in [2.24, 2.45) is 0 Å². The summed E-state index contributed by atoms with van der Waals surface area (Å²) in [7, 11) is 1.38. The maximum atomic E-state index is 12.5. The van der Waals surface area contributed by atoms with E-state index in [1.165, 1.54) is 38.3 Å². The Bertz CT molecular complexity index is 819. The van der Waals surface area contributed by atoms with Crippen LogP contribution in [0.4, 0.5) is 13.2 Å². The number of carbonyl (C=O) groups is 2. The number of hydrogen-bond acceptors (Lipinski definition) is 6. The van der Waals surface area contributed by atoms with Crippen molar-refractivity contribution in [3.63, 3.8) is 0 Å². The minimum atomic E-state index is -4.75. The molecule has 0 radical (unpaired) electrons. The van der Waals surface area contributed by atoms with Crippen molar-refractivity contribution in [1.29, 1.82) is 0 Å². The highest BCUT2D eigenvalue weighted by Crippen LogP contribution is 2.29. The van der Waals surface area contributed by atoms with Crippen LogP contribution < -0.4 is 5.32 Å². The molecule has 0 fully saturated rings. The van der Waals surface area contributed by atoms with E-state index in [0.717, 1.165) is 0 Å².